The number of aryl methyl sites for hydroxylation is 1. The molecule has 0 radical (unpaired) electrons. The molecular weight excluding hydrogens is 392 g/mol. The van der Waals surface area contributed by atoms with Crippen LogP contribution in [0.4, 0.5) is 5.69 Å². The topological polar surface area (TPSA) is 137 Å². The van der Waals surface area contributed by atoms with Gasteiger partial charge in [0.15, 0.2) is 0 Å². The maximum Gasteiger partial charge on any atom is 0.329 e. The van der Waals surface area contributed by atoms with E-state index >= 15 is 0 Å². The Bertz CT molecular complexity index is 1000. The standard InChI is InChI=1S/C20H26N4O6/c1-22-17-10-13(23-8-6-15(7-9-23)30-12-19(27)28)2-4-16(17)24(20(22)29)14(11-25)3-5-18(21)26/h2,4,10-11,14-15H,3,5-9,12H2,1H3,(H2,21,26)(H,27,28). The van der Waals surface area contributed by atoms with Gasteiger partial charge < -0.3 is 25.3 Å². The Hall–Kier alpha value is -3.14. The number of aliphatic carboxylic acids is 1. The molecule has 1 unspecified atom stereocenters. The van der Waals surface area contributed by atoms with Gasteiger partial charge in [-0.15, -0.1) is 0 Å². The molecule has 1 aliphatic heterocycles. The van der Waals surface area contributed by atoms with E-state index in [-0.39, 0.29) is 31.2 Å². The molecule has 1 amide bonds. The number of hydrogen-bond donors (Lipinski definition) is 2. The largest absolute Gasteiger partial charge is 0.480 e. The summed E-state index contributed by atoms with van der Waals surface area (Å²) in [5.74, 6) is -1.49. The molecule has 1 aromatic heterocycles. The summed E-state index contributed by atoms with van der Waals surface area (Å²) in [4.78, 5) is 48.2. The van der Waals surface area contributed by atoms with Gasteiger partial charge >= 0.3 is 11.7 Å². The summed E-state index contributed by atoms with van der Waals surface area (Å²) in [5.41, 5.74) is 7.10. The van der Waals surface area contributed by atoms with E-state index in [0.29, 0.717) is 43.3 Å². The second-order valence-corrected chi connectivity index (χ2v) is 7.48. The molecule has 10 nitrogen and oxygen atoms in total. The van der Waals surface area contributed by atoms with E-state index in [1.165, 1.54) is 9.13 Å². The summed E-state index contributed by atoms with van der Waals surface area (Å²) in [6.45, 7) is 1.12. The summed E-state index contributed by atoms with van der Waals surface area (Å²) in [5, 5.41) is 8.73. The van der Waals surface area contributed by atoms with E-state index in [2.05, 4.69) is 4.90 Å². The smallest absolute Gasteiger partial charge is 0.329 e. The number of piperidine rings is 1. The van der Waals surface area contributed by atoms with E-state index in [9.17, 15) is 19.2 Å². The van der Waals surface area contributed by atoms with Crippen molar-refractivity contribution < 1.29 is 24.2 Å². The number of fused-ring (bicyclic) bond motifs is 1. The van der Waals surface area contributed by atoms with Crippen LogP contribution in [-0.2, 0) is 26.2 Å². The Morgan fingerprint density at radius 1 is 1.30 bits per heavy atom. The monoisotopic (exact) mass is 418 g/mol. The summed E-state index contributed by atoms with van der Waals surface area (Å²) >= 11 is 0. The number of carboxylic acid groups (broad SMARTS) is 1. The predicted octanol–water partition coefficient (Wildman–Crippen LogP) is 0.416. The molecule has 0 bridgehead atoms. The molecule has 0 saturated carbocycles. The van der Waals surface area contributed by atoms with Crippen molar-refractivity contribution in [3.05, 3.63) is 28.7 Å². The Morgan fingerprint density at radius 2 is 2.00 bits per heavy atom. The molecule has 1 fully saturated rings. The number of anilines is 1. The SMILES string of the molecule is Cn1c(=O)n(C(C=O)CCC(N)=O)c2ccc(N3CCC(OCC(=O)O)CC3)cc21. The fourth-order valence-corrected chi connectivity index (χ4v) is 3.89. The Morgan fingerprint density at radius 3 is 2.60 bits per heavy atom. The van der Waals surface area contributed by atoms with Crippen molar-refractivity contribution in [2.24, 2.45) is 12.8 Å². The number of hydrogen-bond acceptors (Lipinski definition) is 6. The minimum Gasteiger partial charge on any atom is -0.480 e. The molecule has 162 valence electrons. The second-order valence-electron chi connectivity index (χ2n) is 7.48. The number of carbonyl (C=O) groups excluding carboxylic acids is 2. The molecule has 3 N–H and O–H groups in total. The van der Waals surface area contributed by atoms with Crippen molar-refractivity contribution in [3.8, 4) is 0 Å². The summed E-state index contributed by atoms with van der Waals surface area (Å²) < 4.78 is 8.27. The average molecular weight is 418 g/mol. The van der Waals surface area contributed by atoms with Gasteiger partial charge in [-0.05, 0) is 37.5 Å². The maximum absolute atomic E-state index is 12.8. The lowest BCUT2D eigenvalue weighted by Gasteiger charge is -2.33. The number of nitrogens with zero attached hydrogens (tertiary/aromatic N) is 3. The minimum atomic E-state index is -0.974. The lowest BCUT2D eigenvalue weighted by atomic mass is 10.1. The van der Waals surface area contributed by atoms with Crippen LogP contribution in [0, 0.1) is 0 Å². The third-order valence-electron chi connectivity index (χ3n) is 5.50. The van der Waals surface area contributed by atoms with Gasteiger partial charge in [-0.2, -0.15) is 0 Å². The first-order chi connectivity index (χ1) is 14.3. The van der Waals surface area contributed by atoms with Gasteiger partial charge in [0.2, 0.25) is 5.91 Å². The number of carbonyl (C=O) groups is 3. The zero-order chi connectivity index (χ0) is 21.8. The van der Waals surface area contributed by atoms with Gasteiger partial charge in [-0.1, -0.05) is 0 Å². The first-order valence-electron chi connectivity index (χ1n) is 9.84. The van der Waals surface area contributed by atoms with Gasteiger partial charge in [0.1, 0.15) is 12.9 Å². The number of imidazole rings is 1. The number of carboxylic acids is 1. The number of benzene rings is 1. The highest BCUT2D eigenvalue weighted by Gasteiger charge is 2.23. The van der Waals surface area contributed by atoms with Crippen LogP contribution in [0.5, 0.6) is 0 Å². The lowest BCUT2D eigenvalue weighted by molar-refractivity contribution is -0.144. The molecule has 2 aromatic rings. The normalized spacial score (nSPS) is 16.0. The second kappa shape index (κ2) is 9.12. The van der Waals surface area contributed by atoms with Gasteiger partial charge in [-0.3, -0.25) is 13.9 Å². The van der Waals surface area contributed by atoms with Crippen molar-refractivity contribution in [1.29, 1.82) is 0 Å². The van der Waals surface area contributed by atoms with Crippen LogP contribution < -0.4 is 16.3 Å². The third-order valence-corrected chi connectivity index (χ3v) is 5.50. The van der Waals surface area contributed by atoms with Crippen LogP contribution in [0.2, 0.25) is 0 Å². The van der Waals surface area contributed by atoms with Crippen molar-refractivity contribution in [3.63, 3.8) is 0 Å². The van der Waals surface area contributed by atoms with Gasteiger partial charge in [0.25, 0.3) is 0 Å². The Kier molecular flexibility index (Phi) is 6.56. The highest BCUT2D eigenvalue weighted by molar-refractivity contribution is 5.82. The number of ether oxygens (including phenoxy) is 1. The van der Waals surface area contributed by atoms with Crippen molar-refractivity contribution in [1.82, 2.24) is 9.13 Å². The van der Waals surface area contributed by atoms with Crippen LogP contribution in [0.15, 0.2) is 23.0 Å². The number of rotatable bonds is 9. The molecule has 30 heavy (non-hydrogen) atoms. The Labute approximate surface area is 172 Å². The van der Waals surface area contributed by atoms with Crippen molar-refractivity contribution in [2.75, 3.05) is 24.6 Å². The predicted molar refractivity (Wildman–Crippen MR) is 110 cm³/mol. The number of amides is 1. The van der Waals surface area contributed by atoms with Crippen LogP contribution in [0.25, 0.3) is 11.0 Å². The van der Waals surface area contributed by atoms with E-state index in [1.54, 1.807) is 13.1 Å². The molecule has 3 rings (SSSR count). The number of nitrogens with two attached hydrogens (primary N) is 1. The fourth-order valence-electron chi connectivity index (χ4n) is 3.89. The van der Waals surface area contributed by atoms with Crippen LogP contribution in [0.3, 0.4) is 0 Å². The molecule has 1 saturated heterocycles. The van der Waals surface area contributed by atoms with E-state index in [0.717, 1.165) is 5.69 Å². The number of primary amides is 1. The summed E-state index contributed by atoms with van der Waals surface area (Å²) in [7, 11) is 1.65. The van der Waals surface area contributed by atoms with E-state index in [1.807, 2.05) is 12.1 Å². The minimum absolute atomic E-state index is 0.0171. The van der Waals surface area contributed by atoms with Gasteiger partial charge in [0, 0.05) is 32.2 Å². The van der Waals surface area contributed by atoms with Crippen molar-refractivity contribution in [2.45, 2.75) is 37.8 Å². The molecule has 1 atom stereocenters. The zero-order valence-electron chi connectivity index (χ0n) is 16.8. The molecule has 1 aliphatic rings. The van der Waals surface area contributed by atoms with Crippen molar-refractivity contribution >= 4 is 34.9 Å². The van der Waals surface area contributed by atoms with Gasteiger partial charge in [-0.25, -0.2) is 9.59 Å². The third kappa shape index (κ3) is 4.54. The molecular formula is C20H26N4O6. The number of aromatic nitrogens is 2. The maximum atomic E-state index is 12.8. The molecule has 0 aliphatic carbocycles. The summed E-state index contributed by atoms with van der Waals surface area (Å²) in [6.07, 6.45) is 2.20. The van der Waals surface area contributed by atoms with Crippen LogP contribution in [-0.4, -0.2) is 58.2 Å². The Balaban J connectivity index is 1.81. The lowest BCUT2D eigenvalue weighted by Crippen LogP contribution is -2.37. The number of aldehydes is 1. The zero-order valence-corrected chi connectivity index (χ0v) is 16.8. The first kappa shape index (κ1) is 21.6. The molecule has 0 spiro atoms. The van der Waals surface area contributed by atoms with E-state index in [4.69, 9.17) is 15.6 Å². The van der Waals surface area contributed by atoms with E-state index < -0.39 is 17.9 Å². The average Bonchev–Trinajstić information content (AvgIpc) is 2.98. The highest BCUT2D eigenvalue weighted by atomic mass is 16.5. The molecule has 10 heteroatoms. The fraction of sp³-hybridized carbons (Fsp3) is 0.500. The van der Waals surface area contributed by atoms with Crippen LogP contribution in [0.1, 0.15) is 31.7 Å². The van der Waals surface area contributed by atoms with Crippen LogP contribution >= 0.6 is 0 Å². The molecule has 1 aromatic carbocycles. The first-order valence-corrected chi connectivity index (χ1v) is 9.84. The molecule has 2 heterocycles. The highest BCUT2D eigenvalue weighted by Crippen LogP contribution is 2.27. The van der Waals surface area contributed by atoms with Gasteiger partial charge in [0.05, 0.1) is 23.2 Å². The summed E-state index contributed by atoms with van der Waals surface area (Å²) in [6, 6.07) is 4.84. The quantitative estimate of drug-likeness (QED) is 0.563.